The van der Waals surface area contributed by atoms with Crippen LogP contribution >= 0.6 is 7.82 Å². The van der Waals surface area contributed by atoms with Crippen LogP contribution in [0.5, 0.6) is 0 Å². The summed E-state index contributed by atoms with van der Waals surface area (Å²) in [5, 5.41) is 0. The molecule has 0 radical (unpaired) electrons. The van der Waals surface area contributed by atoms with Gasteiger partial charge < -0.3 is 18.9 Å². The first kappa shape index (κ1) is 87.5. The van der Waals surface area contributed by atoms with Crippen LogP contribution in [-0.4, -0.2) is 74.9 Å². The highest BCUT2D eigenvalue weighted by Gasteiger charge is 2.27. The van der Waals surface area contributed by atoms with Gasteiger partial charge in [0, 0.05) is 12.8 Å². The van der Waals surface area contributed by atoms with E-state index in [1.165, 1.54) is 276 Å². The van der Waals surface area contributed by atoms with Crippen molar-refractivity contribution < 1.29 is 42.1 Å². The Labute approximate surface area is 559 Å². The number of unbranched alkanes of at least 4 members (excludes halogenated alkanes) is 46. The molecule has 90 heavy (non-hydrogen) atoms. The van der Waals surface area contributed by atoms with E-state index in [-0.39, 0.29) is 25.6 Å². The van der Waals surface area contributed by atoms with Gasteiger partial charge in [0.2, 0.25) is 0 Å². The minimum absolute atomic E-state index is 0.0331. The molecule has 0 fully saturated rings. The fourth-order valence-corrected chi connectivity index (χ4v) is 12.1. The average Bonchev–Trinajstić information content (AvgIpc) is 3.58. The van der Waals surface area contributed by atoms with Crippen LogP contribution in [0.2, 0.25) is 0 Å². The minimum atomic E-state index is -4.39. The quantitative estimate of drug-likeness (QED) is 0.0211. The lowest BCUT2D eigenvalue weighted by Crippen LogP contribution is -2.37. The summed E-state index contributed by atoms with van der Waals surface area (Å²) in [5.74, 6) is -0.777. The summed E-state index contributed by atoms with van der Waals surface area (Å²) in [7, 11) is 1.49. The van der Waals surface area contributed by atoms with E-state index in [1.807, 2.05) is 21.1 Å². The van der Waals surface area contributed by atoms with E-state index >= 15 is 0 Å². The molecule has 0 aliphatic heterocycles. The van der Waals surface area contributed by atoms with Crippen LogP contribution in [0.3, 0.4) is 0 Å². The van der Waals surface area contributed by atoms with E-state index in [4.69, 9.17) is 18.5 Å². The molecular weight excluding hydrogens is 1130 g/mol. The standard InChI is InChI=1S/C80H148NO8P/c1-6-8-10-12-14-16-18-20-22-24-26-28-30-32-34-36-38-40-42-44-46-48-50-52-54-56-58-60-62-64-66-68-70-72-79(82)86-76-78(77-88-90(84,85)87-75-74-81(3,4)5)89-80(83)73-71-69-67-65-63-61-59-57-55-53-51-49-47-45-43-41-39-37-35-33-31-29-27-25-23-21-19-17-15-13-11-9-7-2/h9,11,15,17-18,20-21,23-24,26-27,29,78H,6-8,10,12-14,16,19,22,25,28,30-77H2,1-5H3/p+1/b11-9-,17-15-,20-18-,23-21-,26-24-,29-27-. The Balaban J connectivity index is 3.94. The van der Waals surface area contributed by atoms with Gasteiger partial charge in [-0.1, -0.05) is 350 Å². The number of quaternary nitrogens is 1. The number of ether oxygens (including phenoxy) is 2. The van der Waals surface area contributed by atoms with Gasteiger partial charge in [0.15, 0.2) is 6.10 Å². The third-order valence-electron chi connectivity index (χ3n) is 17.2. The molecule has 0 rings (SSSR count). The summed E-state index contributed by atoms with van der Waals surface area (Å²) in [6.07, 6.45) is 96.1. The van der Waals surface area contributed by atoms with E-state index in [1.54, 1.807) is 0 Å². The first-order valence-electron chi connectivity index (χ1n) is 38.7. The topological polar surface area (TPSA) is 108 Å². The molecule has 0 aromatic carbocycles. The van der Waals surface area contributed by atoms with Gasteiger partial charge in [-0.3, -0.25) is 18.6 Å². The van der Waals surface area contributed by atoms with Crippen LogP contribution in [0.4, 0.5) is 0 Å². The van der Waals surface area contributed by atoms with Gasteiger partial charge in [0.25, 0.3) is 0 Å². The van der Waals surface area contributed by atoms with Gasteiger partial charge in [0.1, 0.15) is 19.8 Å². The highest BCUT2D eigenvalue weighted by molar-refractivity contribution is 7.47. The highest BCUT2D eigenvalue weighted by Crippen LogP contribution is 2.43. The molecule has 0 aromatic rings. The van der Waals surface area contributed by atoms with Crippen LogP contribution in [0.1, 0.15) is 373 Å². The highest BCUT2D eigenvalue weighted by atomic mass is 31.2. The second-order valence-electron chi connectivity index (χ2n) is 27.4. The lowest BCUT2D eigenvalue weighted by Gasteiger charge is -2.24. The number of phosphoric ester groups is 1. The summed E-state index contributed by atoms with van der Waals surface area (Å²) in [6.45, 7) is 4.37. The van der Waals surface area contributed by atoms with Crippen molar-refractivity contribution in [2.75, 3.05) is 47.5 Å². The molecule has 2 atom stereocenters. The fourth-order valence-electron chi connectivity index (χ4n) is 11.3. The molecule has 0 heterocycles. The lowest BCUT2D eigenvalue weighted by molar-refractivity contribution is -0.870. The molecule has 9 nitrogen and oxygen atoms in total. The van der Waals surface area contributed by atoms with E-state index in [9.17, 15) is 19.0 Å². The van der Waals surface area contributed by atoms with Gasteiger partial charge in [-0.05, 0) is 83.5 Å². The van der Waals surface area contributed by atoms with E-state index in [2.05, 4.69) is 86.8 Å². The van der Waals surface area contributed by atoms with Gasteiger partial charge in [-0.2, -0.15) is 0 Å². The van der Waals surface area contributed by atoms with Gasteiger partial charge in [-0.15, -0.1) is 0 Å². The molecule has 0 spiro atoms. The number of rotatable bonds is 72. The first-order chi connectivity index (χ1) is 44.0. The number of allylic oxidation sites excluding steroid dienone is 12. The van der Waals surface area contributed by atoms with Crippen LogP contribution in [0.25, 0.3) is 0 Å². The van der Waals surface area contributed by atoms with Crippen molar-refractivity contribution in [3.63, 3.8) is 0 Å². The van der Waals surface area contributed by atoms with Crippen LogP contribution < -0.4 is 0 Å². The van der Waals surface area contributed by atoms with Crippen molar-refractivity contribution in [1.29, 1.82) is 0 Å². The second kappa shape index (κ2) is 70.8. The van der Waals surface area contributed by atoms with Crippen molar-refractivity contribution in [2.45, 2.75) is 380 Å². The maximum absolute atomic E-state index is 12.9. The summed E-state index contributed by atoms with van der Waals surface area (Å²) in [4.78, 5) is 36.0. The Bertz CT molecular complexity index is 1750. The molecule has 10 heteroatoms. The SMILES string of the molecule is CC/C=C\C/C=C\C/C=C\C/C=C\CCCCCCCCCCCCCCCCCCCCCCC(=O)OC(COC(=O)CCCCCCCCCCCCCCCCCCCCCCC/C=C\C/C=C\CCCCCCC)COP(=O)(O)OCC[N+](C)(C)C. The molecule has 0 bridgehead atoms. The lowest BCUT2D eigenvalue weighted by atomic mass is 10.0. The molecule has 0 aromatic heterocycles. The van der Waals surface area contributed by atoms with Gasteiger partial charge in [-0.25, -0.2) is 4.57 Å². The predicted octanol–water partition coefficient (Wildman–Crippen LogP) is 25.5. The summed E-state index contributed by atoms with van der Waals surface area (Å²) in [6, 6.07) is 0. The molecule has 526 valence electrons. The number of phosphoric acid groups is 1. The number of likely N-dealkylation sites (N-methyl/N-ethyl adjacent to an activating group) is 1. The third-order valence-corrected chi connectivity index (χ3v) is 18.2. The van der Waals surface area contributed by atoms with Crippen molar-refractivity contribution in [2.24, 2.45) is 0 Å². The number of hydrogen-bond acceptors (Lipinski definition) is 7. The summed E-state index contributed by atoms with van der Waals surface area (Å²) >= 11 is 0. The Hall–Kier alpha value is -2.55. The Morgan fingerprint density at radius 2 is 0.633 bits per heavy atom. The number of nitrogens with zero attached hydrogens (tertiary/aromatic N) is 1. The zero-order chi connectivity index (χ0) is 65.5. The van der Waals surface area contributed by atoms with E-state index < -0.39 is 26.5 Å². The second-order valence-corrected chi connectivity index (χ2v) is 28.8. The van der Waals surface area contributed by atoms with Crippen molar-refractivity contribution >= 4 is 19.8 Å². The molecule has 1 N–H and O–H groups in total. The summed E-state index contributed by atoms with van der Waals surface area (Å²) in [5.41, 5.74) is 0. The van der Waals surface area contributed by atoms with Crippen molar-refractivity contribution in [3.05, 3.63) is 72.9 Å². The van der Waals surface area contributed by atoms with E-state index in [0.717, 1.165) is 64.2 Å². The smallest absolute Gasteiger partial charge is 0.462 e. The molecule has 0 aliphatic carbocycles. The molecular formula is C80H149NO8P+. The first-order valence-corrected chi connectivity index (χ1v) is 40.2. The Morgan fingerprint density at radius 3 is 0.944 bits per heavy atom. The number of carbonyl (C=O) groups excluding carboxylic acids is 2. The maximum Gasteiger partial charge on any atom is 0.472 e. The fraction of sp³-hybridized carbons (Fsp3) is 0.825. The summed E-state index contributed by atoms with van der Waals surface area (Å²) < 4.78 is 34.8. The number of hydrogen-bond donors (Lipinski definition) is 1. The molecule has 0 aliphatic rings. The van der Waals surface area contributed by atoms with Crippen molar-refractivity contribution in [3.8, 4) is 0 Å². The predicted molar refractivity (Wildman–Crippen MR) is 390 cm³/mol. The zero-order valence-corrected chi connectivity index (χ0v) is 61.0. The zero-order valence-electron chi connectivity index (χ0n) is 60.1. The monoisotopic (exact) mass is 1280 g/mol. The van der Waals surface area contributed by atoms with Crippen LogP contribution in [0, 0.1) is 0 Å². The van der Waals surface area contributed by atoms with Crippen molar-refractivity contribution in [1.82, 2.24) is 0 Å². The van der Waals surface area contributed by atoms with Gasteiger partial charge >= 0.3 is 19.8 Å². The van der Waals surface area contributed by atoms with Crippen LogP contribution in [0.15, 0.2) is 72.9 Å². The number of carbonyl (C=O) groups is 2. The third kappa shape index (κ3) is 74.5. The molecule has 0 saturated carbocycles. The molecule has 2 unspecified atom stereocenters. The maximum atomic E-state index is 12.9. The largest absolute Gasteiger partial charge is 0.472 e. The average molecular weight is 1280 g/mol. The normalized spacial score (nSPS) is 13.4. The van der Waals surface area contributed by atoms with E-state index in [0.29, 0.717) is 23.9 Å². The van der Waals surface area contributed by atoms with Crippen LogP contribution in [-0.2, 0) is 32.7 Å². The van der Waals surface area contributed by atoms with Gasteiger partial charge in [0.05, 0.1) is 27.7 Å². The Kier molecular flexibility index (Phi) is 68.8. The number of esters is 2. The minimum Gasteiger partial charge on any atom is -0.462 e. The molecule has 0 amide bonds. The molecule has 0 saturated heterocycles. The Morgan fingerprint density at radius 1 is 0.356 bits per heavy atom.